The van der Waals surface area contributed by atoms with E-state index in [4.69, 9.17) is 5.73 Å². The number of esters is 1. The number of aryl methyl sites for hydroxylation is 1. The zero-order valence-corrected chi connectivity index (χ0v) is 10.1. The molecule has 0 spiro atoms. The molecule has 5 nitrogen and oxygen atoms in total. The molecule has 0 aliphatic heterocycles. The maximum absolute atomic E-state index is 11.4. The van der Waals surface area contributed by atoms with E-state index in [0.29, 0.717) is 5.82 Å². The highest BCUT2D eigenvalue weighted by Gasteiger charge is 2.18. The summed E-state index contributed by atoms with van der Waals surface area (Å²) < 4.78 is 6.48. The zero-order chi connectivity index (χ0) is 12.1. The van der Waals surface area contributed by atoms with Crippen LogP contribution in [0.1, 0.15) is 42.5 Å². The minimum atomic E-state index is -0.477. The summed E-state index contributed by atoms with van der Waals surface area (Å²) in [5.74, 6) is 0.685. The molecule has 0 saturated heterocycles. The van der Waals surface area contributed by atoms with Crippen LogP contribution in [0.2, 0.25) is 0 Å². The Labute approximate surface area is 95.6 Å². The Morgan fingerprint density at radius 3 is 2.75 bits per heavy atom. The number of hydrogen-bond donors (Lipinski definition) is 1. The Morgan fingerprint density at radius 2 is 2.19 bits per heavy atom. The number of rotatable bonds is 5. The first-order valence-corrected chi connectivity index (χ1v) is 5.52. The maximum Gasteiger partial charge on any atom is 0.360 e. The van der Waals surface area contributed by atoms with Crippen molar-refractivity contribution in [2.24, 2.45) is 0 Å². The van der Waals surface area contributed by atoms with Gasteiger partial charge in [-0.25, -0.2) is 9.78 Å². The maximum atomic E-state index is 11.4. The fourth-order valence-electron chi connectivity index (χ4n) is 1.63. The van der Waals surface area contributed by atoms with Gasteiger partial charge in [-0.15, -0.1) is 0 Å². The van der Waals surface area contributed by atoms with Gasteiger partial charge in [-0.05, 0) is 13.3 Å². The number of nitrogens with zero attached hydrogens (tertiary/aromatic N) is 2. The Bertz CT molecular complexity index is 372. The number of carbonyl (C=O) groups is 1. The van der Waals surface area contributed by atoms with Crippen LogP contribution in [0.15, 0.2) is 0 Å². The van der Waals surface area contributed by atoms with Gasteiger partial charge in [-0.2, -0.15) is 0 Å². The molecular weight excluding hydrogens is 206 g/mol. The second kappa shape index (κ2) is 5.53. The average molecular weight is 225 g/mol. The topological polar surface area (TPSA) is 70.1 Å². The van der Waals surface area contributed by atoms with Gasteiger partial charge in [0.2, 0.25) is 0 Å². The molecule has 0 aliphatic carbocycles. The molecule has 0 bridgehead atoms. The van der Waals surface area contributed by atoms with E-state index in [9.17, 15) is 4.79 Å². The van der Waals surface area contributed by atoms with Crippen molar-refractivity contribution in [1.29, 1.82) is 0 Å². The molecular formula is C11H19N3O2. The van der Waals surface area contributed by atoms with Crippen LogP contribution in [0.25, 0.3) is 0 Å². The molecule has 16 heavy (non-hydrogen) atoms. The lowest BCUT2D eigenvalue weighted by atomic mass is 10.2. The average Bonchev–Trinajstić information content (AvgIpc) is 2.56. The van der Waals surface area contributed by atoms with Crippen molar-refractivity contribution in [3.05, 3.63) is 11.5 Å². The summed E-state index contributed by atoms with van der Waals surface area (Å²) in [6.07, 6.45) is 3.33. The van der Waals surface area contributed by atoms with Crippen LogP contribution in [0, 0.1) is 6.92 Å². The van der Waals surface area contributed by atoms with Crippen LogP contribution in [0.3, 0.4) is 0 Å². The Morgan fingerprint density at radius 1 is 1.50 bits per heavy atom. The largest absolute Gasteiger partial charge is 0.464 e. The van der Waals surface area contributed by atoms with Crippen LogP contribution in [0.4, 0.5) is 5.82 Å². The van der Waals surface area contributed by atoms with Gasteiger partial charge in [0.05, 0.1) is 7.11 Å². The molecule has 0 unspecified atom stereocenters. The molecule has 2 N–H and O–H groups in total. The predicted molar refractivity (Wildman–Crippen MR) is 62.2 cm³/mol. The number of nitrogen functional groups attached to an aromatic ring is 1. The molecule has 5 heteroatoms. The van der Waals surface area contributed by atoms with E-state index in [0.717, 1.165) is 31.6 Å². The van der Waals surface area contributed by atoms with Gasteiger partial charge >= 0.3 is 5.97 Å². The summed E-state index contributed by atoms with van der Waals surface area (Å²) >= 11 is 0. The molecule has 0 aliphatic rings. The zero-order valence-electron chi connectivity index (χ0n) is 10.1. The summed E-state index contributed by atoms with van der Waals surface area (Å²) in [7, 11) is 1.33. The number of carbonyl (C=O) groups excluding carboxylic acids is 1. The number of methoxy groups -OCH3 is 1. The van der Waals surface area contributed by atoms with Crippen molar-refractivity contribution in [3.8, 4) is 0 Å². The third-order valence-corrected chi connectivity index (χ3v) is 2.56. The summed E-state index contributed by atoms with van der Waals surface area (Å²) in [6.45, 7) is 4.79. The normalized spacial score (nSPS) is 10.4. The third-order valence-electron chi connectivity index (χ3n) is 2.56. The second-order valence-electron chi connectivity index (χ2n) is 3.74. The number of nitrogens with two attached hydrogens (primary N) is 1. The molecule has 1 heterocycles. The highest BCUT2D eigenvalue weighted by molar-refractivity contribution is 5.92. The van der Waals surface area contributed by atoms with Crippen molar-refractivity contribution in [2.45, 2.75) is 39.7 Å². The number of imidazole rings is 1. The van der Waals surface area contributed by atoms with E-state index >= 15 is 0 Å². The number of anilines is 1. The first kappa shape index (κ1) is 12.5. The highest BCUT2D eigenvalue weighted by atomic mass is 16.5. The third kappa shape index (κ3) is 2.53. The smallest absolute Gasteiger partial charge is 0.360 e. The summed E-state index contributed by atoms with van der Waals surface area (Å²) in [5.41, 5.74) is 6.08. The summed E-state index contributed by atoms with van der Waals surface area (Å²) in [4.78, 5) is 15.5. The fraction of sp³-hybridized carbons (Fsp3) is 0.636. The van der Waals surface area contributed by atoms with E-state index in [1.54, 1.807) is 0 Å². The van der Waals surface area contributed by atoms with Crippen LogP contribution in [0.5, 0.6) is 0 Å². The molecule has 0 fully saturated rings. The molecule has 1 aromatic heterocycles. The molecule has 0 amide bonds. The monoisotopic (exact) mass is 225 g/mol. The van der Waals surface area contributed by atoms with Crippen molar-refractivity contribution in [2.75, 3.05) is 12.8 Å². The molecule has 0 radical (unpaired) electrons. The number of ether oxygens (including phenoxy) is 1. The predicted octanol–water partition coefficient (Wildman–Crippen LogP) is 1.75. The van der Waals surface area contributed by atoms with E-state index in [-0.39, 0.29) is 5.69 Å². The number of unbranched alkanes of at least 4 members (excludes halogenated alkanes) is 2. The van der Waals surface area contributed by atoms with Crippen LogP contribution >= 0.6 is 0 Å². The van der Waals surface area contributed by atoms with Crippen LogP contribution in [-0.4, -0.2) is 22.6 Å². The Balaban J connectivity index is 2.85. The fourth-order valence-corrected chi connectivity index (χ4v) is 1.63. The molecule has 0 saturated carbocycles. The first-order chi connectivity index (χ1) is 7.61. The quantitative estimate of drug-likeness (QED) is 0.612. The first-order valence-electron chi connectivity index (χ1n) is 5.52. The van der Waals surface area contributed by atoms with Crippen molar-refractivity contribution >= 4 is 11.8 Å². The summed E-state index contributed by atoms with van der Waals surface area (Å²) in [5, 5.41) is 0. The Kier molecular flexibility index (Phi) is 4.34. The molecule has 0 atom stereocenters. The van der Waals surface area contributed by atoms with Crippen LogP contribution < -0.4 is 5.73 Å². The van der Waals surface area contributed by atoms with E-state index in [1.807, 2.05) is 11.5 Å². The van der Waals surface area contributed by atoms with Gasteiger partial charge in [-0.3, -0.25) is 0 Å². The van der Waals surface area contributed by atoms with E-state index in [1.165, 1.54) is 7.11 Å². The Hall–Kier alpha value is -1.52. The van der Waals surface area contributed by atoms with Gasteiger partial charge in [-0.1, -0.05) is 19.8 Å². The summed E-state index contributed by atoms with van der Waals surface area (Å²) in [6, 6.07) is 0. The lowest BCUT2D eigenvalue weighted by Crippen LogP contribution is -2.09. The standard InChI is InChI=1S/C11H19N3O2/c1-4-5-6-7-14-8(2)13-9(10(14)12)11(15)16-3/h4-7,12H2,1-3H3. The van der Waals surface area contributed by atoms with Crippen molar-refractivity contribution < 1.29 is 9.53 Å². The second-order valence-corrected chi connectivity index (χ2v) is 3.74. The highest BCUT2D eigenvalue weighted by Crippen LogP contribution is 2.16. The van der Waals surface area contributed by atoms with Gasteiger partial charge in [0.1, 0.15) is 11.6 Å². The van der Waals surface area contributed by atoms with E-state index in [2.05, 4.69) is 16.6 Å². The molecule has 0 aromatic carbocycles. The SMILES string of the molecule is CCCCCn1c(C)nc(C(=O)OC)c1N. The van der Waals surface area contributed by atoms with Gasteiger partial charge in [0.15, 0.2) is 5.69 Å². The number of aromatic nitrogens is 2. The van der Waals surface area contributed by atoms with Crippen LogP contribution in [-0.2, 0) is 11.3 Å². The minimum Gasteiger partial charge on any atom is -0.464 e. The van der Waals surface area contributed by atoms with Gasteiger partial charge in [0, 0.05) is 6.54 Å². The molecule has 1 aromatic rings. The lowest BCUT2D eigenvalue weighted by Gasteiger charge is -2.06. The van der Waals surface area contributed by atoms with Crippen molar-refractivity contribution in [1.82, 2.24) is 9.55 Å². The van der Waals surface area contributed by atoms with Gasteiger partial charge in [0.25, 0.3) is 0 Å². The van der Waals surface area contributed by atoms with Crippen molar-refractivity contribution in [3.63, 3.8) is 0 Å². The van der Waals surface area contributed by atoms with E-state index < -0.39 is 5.97 Å². The molecule has 1 rings (SSSR count). The lowest BCUT2D eigenvalue weighted by molar-refractivity contribution is 0.0595. The van der Waals surface area contributed by atoms with Gasteiger partial charge < -0.3 is 15.0 Å². The minimum absolute atomic E-state index is 0.219. The number of hydrogen-bond acceptors (Lipinski definition) is 4. The molecule has 90 valence electrons.